The molecule has 0 spiro atoms. The van der Waals surface area contributed by atoms with E-state index in [4.69, 9.17) is 4.74 Å². The van der Waals surface area contributed by atoms with Crippen molar-refractivity contribution in [2.75, 3.05) is 6.61 Å². The molecule has 170 valence electrons. The maximum absolute atomic E-state index is 12.4. The van der Waals surface area contributed by atoms with Gasteiger partial charge >= 0.3 is 12.1 Å². The summed E-state index contributed by atoms with van der Waals surface area (Å²) in [5, 5.41) is 14.5. The van der Waals surface area contributed by atoms with Gasteiger partial charge in [0.1, 0.15) is 12.6 Å². The van der Waals surface area contributed by atoms with Crippen molar-refractivity contribution in [2.45, 2.75) is 57.5 Å². The molecule has 3 rings (SSSR count). The first-order valence-electron chi connectivity index (χ1n) is 11.1. The van der Waals surface area contributed by atoms with E-state index in [1.807, 2.05) is 38.1 Å². The van der Waals surface area contributed by atoms with Gasteiger partial charge in [-0.1, -0.05) is 68.8 Å². The smallest absolute Gasteiger partial charge is 0.407 e. The van der Waals surface area contributed by atoms with Gasteiger partial charge in [0.25, 0.3) is 0 Å². The monoisotopic (exact) mass is 438 g/mol. The molecule has 7 heteroatoms. The number of carboxylic acids is 1. The average molecular weight is 439 g/mol. The maximum atomic E-state index is 12.4. The maximum Gasteiger partial charge on any atom is 0.407 e. The fraction of sp³-hybridized carbons (Fsp3) is 0.400. The highest BCUT2D eigenvalue weighted by atomic mass is 16.5. The fourth-order valence-electron chi connectivity index (χ4n) is 4.13. The van der Waals surface area contributed by atoms with Crippen molar-refractivity contribution in [2.24, 2.45) is 0 Å². The van der Waals surface area contributed by atoms with Crippen molar-refractivity contribution in [1.29, 1.82) is 0 Å². The second-order valence-electron chi connectivity index (χ2n) is 8.03. The Bertz CT molecular complexity index is 929. The van der Waals surface area contributed by atoms with Crippen LogP contribution in [0.2, 0.25) is 0 Å². The number of fused-ring (bicyclic) bond motifs is 3. The standard InChI is InChI=1S/C25H30N2O5/c1-3-9-22(24(29)30)27-23(28)14-16(4-2)26-25(31)32-15-21-19-12-7-5-10-17(19)18-11-6-8-13-20(18)21/h5-8,10-13,16,21-22H,3-4,9,14-15H2,1-2H3,(H,26,31)(H,27,28)(H,29,30)/t16-,22?/m1/s1. The molecule has 0 bridgehead atoms. The number of hydrogen-bond donors (Lipinski definition) is 3. The van der Waals surface area contributed by atoms with E-state index in [1.165, 1.54) is 0 Å². The van der Waals surface area contributed by atoms with Crippen LogP contribution in [0.25, 0.3) is 11.1 Å². The number of carbonyl (C=O) groups is 3. The summed E-state index contributed by atoms with van der Waals surface area (Å²) in [6.45, 7) is 3.90. The summed E-state index contributed by atoms with van der Waals surface area (Å²) in [5.41, 5.74) is 4.56. The molecule has 0 heterocycles. The Labute approximate surface area is 188 Å². The summed E-state index contributed by atoms with van der Waals surface area (Å²) in [7, 11) is 0. The van der Waals surface area contributed by atoms with E-state index >= 15 is 0 Å². The molecular weight excluding hydrogens is 408 g/mol. The van der Waals surface area contributed by atoms with Crippen LogP contribution in [-0.2, 0) is 14.3 Å². The molecule has 1 aliphatic carbocycles. The van der Waals surface area contributed by atoms with Crippen molar-refractivity contribution in [3.8, 4) is 11.1 Å². The molecule has 2 atom stereocenters. The quantitative estimate of drug-likeness (QED) is 0.519. The number of carboxylic acid groups (broad SMARTS) is 1. The van der Waals surface area contributed by atoms with Gasteiger partial charge in [0.05, 0.1) is 0 Å². The van der Waals surface area contributed by atoms with Gasteiger partial charge in [0.2, 0.25) is 5.91 Å². The van der Waals surface area contributed by atoms with Crippen molar-refractivity contribution < 1.29 is 24.2 Å². The van der Waals surface area contributed by atoms with Gasteiger partial charge in [-0.25, -0.2) is 9.59 Å². The van der Waals surface area contributed by atoms with Crippen molar-refractivity contribution in [1.82, 2.24) is 10.6 Å². The molecule has 1 unspecified atom stereocenters. The number of amides is 2. The van der Waals surface area contributed by atoms with Crippen LogP contribution in [0.5, 0.6) is 0 Å². The summed E-state index contributed by atoms with van der Waals surface area (Å²) in [5.74, 6) is -1.50. The van der Waals surface area contributed by atoms with Crippen LogP contribution in [-0.4, -0.2) is 41.8 Å². The second-order valence-corrected chi connectivity index (χ2v) is 8.03. The molecule has 0 radical (unpaired) electrons. The highest BCUT2D eigenvalue weighted by Gasteiger charge is 2.29. The van der Waals surface area contributed by atoms with Crippen LogP contribution in [0.4, 0.5) is 4.79 Å². The highest BCUT2D eigenvalue weighted by molar-refractivity contribution is 5.84. The largest absolute Gasteiger partial charge is 0.480 e. The molecule has 2 aromatic rings. The van der Waals surface area contributed by atoms with Crippen molar-refractivity contribution in [3.63, 3.8) is 0 Å². The summed E-state index contributed by atoms with van der Waals surface area (Å²) < 4.78 is 5.54. The minimum atomic E-state index is -1.06. The normalized spacial score (nSPS) is 14.1. The van der Waals surface area contributed by atoms with E-state index in [0.717, 1.165) is 22.3 Å². The van der Waals surface area contributed by atoms with Gasteiger partial charge in [0.15, 0.2) is 0 Å². The minimum absolute atomic E-state index is 0.00576. The Hall–Kier alpha value is -3.35. The van der Waals surface area contributed by atoms with E-state index < -0.39 is 30.1 Å². The molecule has 0 aromatic heterocycles. The molecule has 3 N–H and O–H groups in total. The lowest BCUT2D eigenvalue weighted by atomic mass is 9.98. The highest BCUT2D eigenvalue weighted by Crippen LogP contribution is 2.44. The zero-order valence-electron chi connectivity index (χ0n) is 18.5. The van der Waals surface area contributed by atoms with Gasteiger partial charge in [0, 0.05) is 18.4 Å². The van der Waals surface area contributed by atoms with Crippen LogP contribution in [0.3, 0.4) is 0 Å². The van der Waals surface area contributed by atoms with Crippen LogP contribution in [0, 0.1) is 0 Å². The molecular formula is C25H30N2O5. The summed E-state index contributed by atoms with van der Waals surface area (Å²) in [6, 6.07) is 14.8. The Balaban J connectivity index is 1.56. The van der Waals surface area contributed by atoms with Gasteiger partial charge in [-0.05, 0) is 35.1 Å². The SMILES string of the molecule is CCCC(NC(=O)C[C@@H](CC)NC(=O)OCC1c2ccccc2-c2ccccc21)C(=O)O. The Morgan fingerprint density at radius 2 is 1.56 bits per heavy atom. The fourth-order valence-corrected chi connectivity index (χ4v) is 4.13. The number of ether oxygens (including phenoxy) is 1. The number of hydrogen-bond acceptors (Lipinski definition) is 4. The molecule has 2 aromatic carbocycles. The number of carbonyl (C=O) groups excluding carboxylic acids is 2. The molecule has 0 saturated carbocycles. The lowest BCUT2D eigenvalue weighted by molar-refractivity contribution is -0.142. The molecule has 0 fully saturated rings. The first-order valence-corrected chi connectivity index (χ1v) is 11.1. The van der Waals surface area contributed by atoms with E-state index in [-0.39, 0.29) is 18.9 Å². The topological polar surface area (TPSA) is 105 Å². The van der Waals surface area contributed by atoms with E-state index in [2.05, 4.69) is 34.9 Å². The third kappa shape index (κ3) is 5.46. The van der Waals surface area contributed by atoms with Gasteiger partial charge < -0.3 is 20.5 Å². The molecule has 1 aliphatic rings. The predicted molar refractivity (Wildman–Crippen MR) is 121 cm³/mol. The van der Waals surface area contributed by atoms with Crippen molar-refractivity contribution >= 4 is 18.0 Å². The molecule has 0 saturated heterocycles. The molecule has 32 heavy (non-hydrogen) atoms. The lowest BCUT2D eigenvalue weighted by Crippen LogP contribution is -2.44. The Kier molecular flexibility index (Phi) is 7.87. The predicted octanol–water partition coefficient (Wildman–Crippen LogP) is 4.06. The second kappa shape index (κ2) is 10.8. The zero-order valence-corrected chi connectivity index (χ0v) is 18.5. The Morgan fingerprint density at radius 3 is 2.09 bits per heavy atom. The van der Waals surface area contributed by atoms with Gasteiger partial charge in [-0.3, -0.25) is 4.79 Å². The Morgan fingerprint density at radius 1 is 0.969 bits per heavy atom. The van der Waals surface area contributed by atoms with E-state index in [9.17, 15) is 19.5 Å². The third-order valence-electron chi connectivity index (χ3n) is 5.80. The minimum Gasteiger partial charge on any atom is -0.480 e. The zero-order chi connectivity index (χ0) is 23.1. The number of benzene rings is 2. The number of nitrogens with one attached hydrogen (secondary N) is 2. The number of rotatable bonds is 10. The first kappa shape index (κ1) is 23.3. The van der Waals surface area contributed by atoms with Gasteiger partial charge in [-0.15, -0.1) is 0 Å². The molecule has 0 aliphatic heterocycles. The molecule has 2 amide bonds. The van der Waals surface area contributed by atoms with Gasteiger partial charge in [-0.2, -0.15) is 0 Å². The average Bonchev–Trinajstić information content (AvgIpc) is 3.10. The summed E-state index contributed by atoms with van der Waals surface area (Å²) in [6.07, 6.45) is 0.927. The van der Waals surface area contributed by atoms with Crippen LogP contribution >= 0.6 is 0 Å². The van der Waals surface area contributed by atoms with E-state index in [0.29, 0.717) is 19.3 Å². The van der Waals surface area contributed by atoms with Crippen LogP contribution in [0.1, 0.15) is 56.6 Å². The summed E-state index contributed by atoms with van der Waals surface area (Å²) >= 11 is 0. The number of alkyl carbamates (subject to hydrolysis) is 1. The molecule has 7 nitrogen and oxygen atoms in total. The lowest BCUT2D eigenvalue weighted by Gasteiger charge is -2.20. The third-order valence-corrected chi connectivity index (χ3v) is 5.80. The van der Waals surface area contributed by atoms with E-state index in [1.54, 1.807) is 0 Å². The van der Waals surface area contributed by atoms with Crippen LogP contribution < -0.4 is 10.6 Å². The first-order chi connectivity index (χ1) is 15.4. The van der Waals surface area contributed by atoms with Crippen molar-refractivity contribution in [3.05, 3.63) is 59.7 Å². The summed E-state index contributed by atoms with van der Waals surface area (Å²) in [4.78, 5) is 35.9. The number of aliphatic carboxylic acids is 1. The van der Waals surface area contributed by atoms with Crippen LogP contribution in [0.15, 0.2) is 48.5 Å².